The third-order valence-corrected chi connectivity index (χ3v) is 4.59. The minimum atomic E-state index is 0.120. The maximum Gasteiger partial charge on any atom is 0.223 e. The lowest BCUT2D eigenvalue weighted by atomic mass is 10.1. The lowest BCUT2D eigenvalue weighted by Gasteiger charge is -2.15. The molecule has 3 rings (SSSR count). The summed E-state index contributed by atoms with van der Waals surface area (Å²) >= 11 is 6.35. The monoisotopic (exact) mass is 391 g/mol. The zero-order chi connectivity index (χ0) is 19.7. The number of nitrogens with zero attached hydrogens (tertiary/aromatic N) is 4. The molecular weight excluding hydrogens is 370 g/mol. The van der Waals surface area contributed by atoms with Crippen LogP contribution in [0.4, 0.5) is 5.95 Å². The van der Waals surface area contributed by atoms with Crippen molar-refractivity contribution in [2.24, 2.45) is 0 Å². The van der Waals surface area contributed by atoms with Crippen LogP contribution in [0.25, 0.3) is 11.0 Å². The van der Waals surface area contributed by atoms with Crippen LogP contribution in [0, 0.1) is 0 Å². The summed E-state index contributed by atoms with van der Waals surface area (Å²) in [6.07, 6.45) is 3.59. The largest absolute Gasteiger partial charge is 0.491 e. The molecule has 0 aliphatic carbocycles. The highest BCUT2D eigenvalue weighted by atomic mass is 35.5. The molecule has 0 amide bonds. The van der Waals surface area contributed by atoms with Crippen molar-refractivity contribution in [2.75, 3.05) is 27.1 Å². The van der Waals surface area contributed by atoms with Gasteiger partial charge in [0.1, 0.15) is 16.5 Å². The number of anilines is 1. The Morgan fingerprint density at radius 3 is 2.41 bits per heavy atom. The number of rotatable bonds is 6. The minimum Gasteiger partial charge on any atom is -0.491 e. The van der Waals surface area contributed by atoms with E-state index in [-0.39, 0.29) is 11.9 Å². The quantitative estimate of drug-likeness (QED) is 0.644. The number of hydrogen-bond donors (Lipinski definition) is 1. The second-order valence-electron chi connectivity index (χ2n) is 6.28. The van der Waals surface area contributed by atoms with E-state index in [1.807, 2.05) is 10.8 Å². The Kier molecular flexibility index (Phi) is 5.27. The van der Waals surface area contributed by atoms with Crippen molar-refractivity contribution in [2.45, 2.75) is 26.3 Å². The standard InChI is InChI=1S/C18H22ClN5O3/c1-9(2)10-7-24(17-13(10)16(19)22-18(20)23-17)8-11-14(26-4)15(27-5)12(25-3)6-21-11/h6-7,9H,8H2,1-5H3,(H2,20,22,23). The predicted molar refractivity (Wildman–Crippen MR) is 104 cm³/mol. The number of nitrogens with two attached hydrogens (primary N) is 1. The molecule has 0 saturated heterocycles. The minimum absolute atomic E-state index is 0.120. The van der Waals surface area contributed by atoms with E-state index in [9.17, 15) is 0 Å². The molecule has 0 radical (unpaired) electrons. The van der Waals surface area contributed by atoms with Gasteiger partial charge in [-0.1, -0.05) is 25.4 Å². The predicted octanol–water partition coefficient (Wildman–Crippen LogP) is 3.26. The molecule has 3 aromatic rings. The van der Waals surface area contributed by atoms with Crippen molar-refractivity contribution in [3.8, 4) is 17.2 Å². The Hall–Kier alpha value is -2.74. The van der Waals surface area contributed by atoms with Crippen LogP contribution in [0.5, 0.6) is 17.2 Å². The molecule has 144 valence electrons. The van der Waals surface area contributed by atoms with E-state index in [1.54, 1.807) is 27.5 Å². The van der Waals surface area contributed by atoms with Crippen molar-refractivity contribution in [1.29, 1.82) is 0 Å². The molecule has 0 bridgehead atoms. The van der Waals surface area contributed by atoms with Crippen LogP contribution >= 0.6 is 11.6 Å². The summed E-state index contributed by atoms with van der Waals surface area (Å²) in [5.74, 6) is 1.83. The Labute approximate surface area is 162 Å². The highest BCUT2D eigenvalue weighted by Gasteiger charge is 2.21. The maximum absolute atomic E-state index is 6.35. The van der Waals surface area contributed by atoms with Crippen molar-refractivity contribution in [1.82, 2.24) is 19.5 Å². The third-order valence-electron chi connectivity index (χ3n) is 4.32. The van der Waals surface area contributed by atoms with Gasteiger partial charge in [0.25, 0.3) is 0 Å². The fraction of sp³-hybridized carbons (Fsp3) is 0.389. The van der Waals surface area contributed by atoms with Gasteiger partial charge in [0.15, 0.2) is 11.5 Å². The van der Waals surface area contributed by atoms with Crippen LogP contribution in [0.2, 0.25) is 5.15 Å². The molecule has 0 aromatic carbocycles. The molecule has 0 aliphatic heterocycles. The molecule has 3 aromatic heterocycles. The molecule has 0 spiro atoms. The molecule has 0 atom stereocenters. The van der Waals surface area contributed by atoms with Crippen LogP contribution in [0.1, 0.15) is 31.0 Å². The second kappa shape index (κ2) is 7.48. The zero-order valence-corrected chi connectivity index (χ0v) is 16.7. The first-order chi connectivity index (χ1) is 12.9. The van der Waals surface area contributed by atoms with Gasteiger partial charge < -0.3 is 24.5 Å². The topological polar surface area (TPSA) is 97.3 Å². The normalized spacial score (nSPS) is 11.2. The van der Waals surface area contributed by atoms with Gasteiger partial charge in [-0.25, -0.2) is 4.98 Å². The van der Waals surface area contributed by atoms with Gasteiger partial charge in [-0.05, 0) is 11.5 Å². The van der Waals surface area contributed by atoms with Crippen LogP contribution in [0.15, 0.2) is 12.4 Å². The first kappa shape index (κ1) is 19.0. The van der Waals surface area contributed by atoms with E-state index >= 15 is 0 Å². The fourth-order valence-electron chi connectivity index (χ4n) is 3.07. The average molecular weight is 392 g/mol. The van der Waals surface area contributed by atoms with Gasteiger partial charge in [0.2, 0.25) is 11.7 Å². The summed E-state index contributed by atoms with van der Waals surface area (Å²) in [6, 6.07) is 0. The Balaban J connectivity index is 2.18. The van der Waals surface area contributed by atoms with Gasteiger partial charge in [-0.3, -0.25) is 4.98 Å². The van der Waals surface area contributed by atoms with E-state index in [0.29, 0.717) is 40.3 Å². The smallest absolute Gasteiger partial charge is 0.223 e. The van der Waals surface area contributed by atoms with Crippen LogP contribution in [-0.2, 0) is 6.54 Å². The van der Waals surface area contributed by atoms with Crippen molar-refractivity contribution in [3.63, 3.8) is 0 Å². The number of hydrogen-bond acceptors (Lipinski definition) is 7. The molecule has 0 unspecified atom stereocenters. The molecule has 0 aliphatic rings. The summed E-state index contributed by atoms with van der Waals surface area (Å²) in [4.78, 5) is 13.0. The highest BCUT2D eigenvalue weighted by Crippen LogP contribution is 2.39. The number of fused-ring (bicyclic) bond motifs is 1. The van der Waals surface area contributed by atoms with Gasteiger partial charge in [-0.15, -0.1) is 0 Å². The Morgan fingerprint density at radius 1 is 1.11 bits per heavy atom. The Morgan fingerprint density at radius 2 is 1.81 bits per heavy atom. The molecule has 0 fully saturated rings. The number of methoxy groups -OCH3 is 3. The number of aromatic nitrogens is 4. The van der Waals surface area contributed by atoms with Crippen molar-refractivity contribution < 1.29 is 14.2 Å². The van der Waals surface area contributed by atoms with Gasteiger partial charge in [0, 0.05) is 6.20 Å². The van der Waals surface area contributed by atoms with E-state index in [0.717, 1.165) is 10.9 Å². The SMILES string of the molecule is COc1cnc(Cn2cc(C(C)C)c3c(Cl)nc(N)nc32)c(OC)c1OC. The number of halogens is 1. The first-order valence-corrected chi connectivity index (χ1v) is 8.74. The summed E-state index contributed by atoms with van der Waals surface area (Å²) in [5, 5.41) is 1.13. The van der Waals surface area contributed by atoms with E-state index in [4.69, 9.17) is 31.5 Å². The number of pyridine rings is 1. The highest BCUT2D eigenvalue weighted by molar-refractivity contribution is 6.34. The van der Waals surface area contributed by atoms with Crippen LogP contribution in [0.3, 0.4) is 0 Å². The fourth-order valence-corrected chi connectivity index (χ4v) is 3.35. The summed E-state index contributed by atoms with van der Waals surface area (Å²) in [7, 11) is 4.67. The molecule has 2 N–H and O–H groups in total. The van der Waals surface area contributed by atoms with Gasteiger partial charge in [0.05, 0.1) is 39.5 Å². The van der Waals surface area contributed by atoms with E-state index in [1.165, 1.54) is 0 Å². The molecule has 0 saturated carbocycles. The summed E-state index contributed by atoms with van der Waals surface area (Å²) in [6.45, 7) is 4.56. The number of ether oxygens (including phenoxy) is 3. The number of nitrogen functional groups attached to an aromatic ring is 1. The van der Waals surface area contributed by atoms with Crippen LogP contribution in [-0.4, -0.2) is 40.8 Å². The van der Waals surface area contributed by atoms with E-state index in [2.05, 4.69) is 28.8 Å². The lowest BCUT2D eigenvalue weighted by Crippen LogP contribution is -2.07. The summed E-state index contributed by atoms with van der Waals surface area (Å²) in [5.41, 5.74) is 8.16. The van der Waals surface area contributed by atoms with Crippen molar-refractivity contribution in [3.05, 3.63) is 28.8 Å². The van der Waals surface area contributed by atoms with Gasteiger partial charge >= 0.3 is 0 Å². The lowest BCUT2D eigenvalue weighted by molar-refractivity contribution is 0.318. The second-order valence-corrected chi connectivity index (χ2v) is 6.64. The first-order valence-electron chi connectivity index (χ1n) is 8.36. The van der Waals surface area contributed by atoms with E-state index < -0.39 is 0 Å². The molecule has 3 heterocycles. The average Bonchev–Trinajstić information content (AvgIpc) is 3.00. The molecular formula is C18H22ClN5O3. The molecule has 27 heavy (non-hydrogen) atoms. The molecule has 8 nitrogen and oxygen atoms in total. The van der Waals surface area contributed by atoms with Crippen LogP contribution < -0.4 is 19.9 Å². The maximum atomic E-state index is 6.35. The van der Waals surface area contributed by atoms with Gasteiger partial charge in [-0.2, -0.15) is 4.98 Å². The molecule has 9 heteroatoms. The Bertz CT molecular complexity index is 987. The summed E-state index contributed by atoms with van der Waals surface area (Å²) < 4.78 is 18.2. The zero-order valence-electron chi connectivity index (χ0n) is 15.9. The third kappa shape index (κ3) is 3.32. The van der Waals surface area contributed by atoms with Crippen molar-refractivity contribution >= 4 is 28.6 Å².